The molecule has 28 heavy (non-hydrogen) atoms. The molecule has 0 unspecified atom stereocenters. The fraction of sp³-hybridized carbons (Fsp3) is 0.429. The molecule has 4 rings (SSSR count). The highest BCUT2D eigenvalue weighted by Crippen LogP contribution is 2.32. The molecular formula is C21H26N6O. The Labute approximate surface area is 164 Å². The lowest BCUT2D eigenvalue weighted by molar-refractivity contribution is 0.0702. The number of likely N-dealkylation sites (tertiary alicyclic amines) is 1. The number of para-hydroxylation sites is 2. The first-order valence-electron chi connectivity index (χ1n) is 9.84. The maximum Gasteiger partial charge on any atom is 0.257 e. The van der Waals surface area contributed by atoms with Gasteiger partial charge in [-0.25, -0.2) is 15.0 Å². The topological polar surface area (TPSA) is 75.9 Å². The molecule has 3 aromatic rings. The number of imidazole rings is 1. The molecule has 0 spiro atoms. The van der Waals surface area contributed by atoms with Gasteiger partial charge in [-0.05, 0) is 38.8 Å². The Morgan fingerprint density at radius 3 is 2.68 bits per heavy atom. The van der Waals surface area contributed by atoms with Gasteiger partial charge < -0.3 is 14.8 Å². The van der Waals surface area contributed by atoms with Crippen LogP contribution in [0.1, 0.15) is 54.8 Å². The summed E-state index contributed by atoms with van der Waals surface area (Å²) in [6.07, 6.45) is 5.18. The lowest BCUT2D eigenvalue weighted by Gasteiger charge is -2.33. The van der Waals surface area contributed by atoms with Gasteiger partial charge in [-0.3, -0.25) is 4.79 Å². The van der Waals surface area contributed by atoms with Crippen LogP contribution in [0, 0.1) is 0 Å². The standard InChI is InChI=1S/C21H26N6O/c1-14(2)27-18-9-5-4-8-17(18)25-19(27)15-7-6-10-26(13-15)20(28)16-11-23-21(22-3)24-12-16/h4-5,8-9,11-12,14-15H,6-7,10,13H2,1-3H3,(H,22,23,24)/t15-/m1/s1. The minimum Gasteiger partial charge on any atom is -0.357 e. The van der Waals surface area contributed by atoms with Crippen LogP contribution in [0.15, 0.2) is 36.7 Å². The molecule has 1 aliphatic rings. The van der Waals surface area contributed by atoms with E-state index < -0.39 is 0 Å². The minimum atomic E-state index is -0.0143. The number of piperidine rings is 1. The van der Waals surface area contributed by atoms with Crippen LogP contribution in [0.3, 0.4) is 0 Å². The molecule has 0 bridgehead atoms. The van der Waals surface area contributed by atoms with Crippen LogP contribution in [0.2, 0.25) is 0 Å². The van der Waals surface area contributed by atoms with Gasteiger partial charge in [0.25, 0.3) is 5.91 Å². The quantitative estimate of drug-likeness (QED) is 0.752. The molecule has 7 nitrogen and oxygen atoms in total. The number of amides is 1. The Morgan fingerprint density at radius 1 is 1.21 bits per heavy atom. The van der Waals surface area contributed by atoms with Gasteiger partial charge in [-0.2, -0.15) is 0 Å². The fourth-order valence-electron chi connectivity index (χ4n) is 4.02. The van der Waals surface area contributed by atoms with Gasteiger partial charge in [-0.1, -0.05) is 12.1 Å². The van der Waals surface area contributed by atoms with Gasteiger partial charge >= 0.3 is 0 Å². The molecule has 1 aromatic carbocycles. The average Bonchev–Trinajstić information content (AvgIpc) is 3.13. The van der Waals surface area contributed by atoms with E-state index in [1.54, 1.807) is 19.4 Å². The Balaban J connectivity index is 1.61. The van der Waals surface area contributed by atoms with Crippen LogP contribution in [0.5, 0.6) is 0 Å². The first-order valence-corrected chi connectivity index (χ1v) is 9.84. The number of benzene rings is 1. The summed E-state index contributed by atoms with van der Waals surface area (Å²) in [6.45, 7) is 5.79. The summed E-state index contributed by atoms with van der Waals surface area (Å²) in [5.74, 6) is 1.80. The van der Waals surface area contributed by atoms with Crippen LogP contribution in [-0.4, -0.2) is 50.5 Å². The predicted molar refractivity (Wildman–Crippen MR) is 110 cm³/mol. The molecule has 0 radical (unpaired) electrons. The third-order valence-corrected chi connectivity index (χ3v) is 5.34. The first kappa shape index (κ1) is 18.4. The van der Waals surface area contributed by atoms with E-state index in [4.69, 9.17) is 4.98 Å². The van der Waals surface area contributed by atoms with E-state index in [2.05, 4.69) is 51.9 Å². The number of aromatic nitrogens is 4. The van der Waals surface area contributed by atoms with Crippen molar-refractivity contribution in [1.29, 1.82) is 0 Å². The van der Waals surface area contributed by atoms with Gasteiger partial charge in [0, 0.05) is 44.5 Å². The molecule has 1 saturated heterocycles. The predicted octanol–water partition coefficient (Wildman–Crippen LogP) is 3.47. The summed E-state index contributed by atoms with van der Waals surface area (Å²) >= 11 is 0. The van der Waals surface area contributed by atoms with Crippen LogP contribution in [0.25, 0.3) is 11.0 Å². The second kappa shape index (κ2) is 7.58. The molecule has 2 aromatic heterocycles. The van der Waals surface area contributed by atoms with E-state index in [1.807, 2.05) is 11.0 Å². The van der Waals surface area contributed by atoms with Crippen molar-refractivity contribution in [3.05, 3.63) is 48.0 Å². The Morgan fingerprint density at radius 2 is 1.96 bits per heavy atom. The van der Waals surface area contributed by atoms with Gasteiger partial charge in [0.05, 0.1) is 16.6 Å². The number of carbonyl (C=O) groups excluding carboxylic acids is 1. The number of fused-ring (bicyclic) bond motifs is 1. The van der Waals surface area contributed by atoms with E-state index in [0.717, 1.165) is 36.2 Å². The number of hydrogen-bond acceptors (Lipinski definition) is 5. The second-order valence-corrected chi connectivity index (χ2v) is 7.56. The number of nitrogens with one attached hydrogen (secondary N) is 1. The Bertz CT molecular complexity index is 978. The van der Waals surface area contributed by atoms with E-state index in [-0.39, 0.29) is 11.8 Å². The highest BCUT2D eigenvalue weighted by Gasteiger charge is 2.29. The highest BCUT2D eigenvalue weighted by molar-refractivity contribution is 5.93. The molecule has 7 heteroatoms. The maximum absolute atomic E-state index is 13.0. The van der Waals surface area contributed by atoms with Gasteiger partial charge in [-0.15, -0.1) is 0 Å². The van der Waals surface area contributed by atoms with Crippen molar-refractivity contribution < 1.29 is 4.79 Å². The van der Waals surface area contributed by atoms with Crippen molar-refractivity contribution in [2.75, 3.05) is 25.5 Å². The summed E-state index contributed by atoms with van der Waals surface area (Å²) < 4.78 is 2.32. The van der Waals surface area contributed by atoms with Crippen molar-refractivity contribution in [3.63, 3.8) is 0 Å². The molecule has 146 valence electrons. The van der Waals surface area contributed by atoms with Crippen molar-refractivity contribution in [2.45, 2.75) is 38.6 Å². The molecule has 1 aliphatic heterocycles. The number of nitrogens with zero attached hydrogens (tertiary/aromatic N) is 5. The molecule has 0 aliphatic carbocycles. The fourth-order valence-corrected chi connectivity index (χ4v) is 4.02. The zero-order valence-corrected chi connectivity index (χ0v) is 16.6. The summed E-state index contributed by atoms with van der Waals surface area (Å²) in [4.78, 5) is 28.2. The van der Waals surface area contributed by atoms with Crippen LogP contribution >= 0.6 is 0 Å². The number of rotatable bonds is 4. The molecular weight excluding hydrogens is 352 g/mol. The summed E-state index contributed by atoms with van der Waals surface area (Å²) in [6, 6.07) is 8.58. The number of hydrogen-bond donors (Lipinski definition) is 1. The molecule has 1 fully saturated rings. The minimum absolute atomic E-state index is 0.0143. The zero-order chi connectivity index (χ0) is 19.7. The Hall–Kier alpha value is -2.96. The largest absolute Gasteiger partial charge is 0.357 e. The highest BCUT2D eigenvalue weighted by atomic mass is 16.2. The average molecular weight is 378 g/mol. The monoisotopic (exact) mass is 378 g/mol. The van der Waals surface area contributed by atoms with E-state index >= 15 is 0 Å². The number of carbonyl (C=O) groups is 1. The zero-order valence-electron chi connectivity index (χ0n) is 16.6. The van der Waals surface area contributed by atoms with E-state index in [1.165, 1.54) is 0 Å². The van der Waals surface area contributed by atoms with Gasteiger partial charge in [0.1, 0.15) is 5.82 Å². The smallest absolute Gasteiger partial charge is 0.257 e. The maximum atomic E-state index is 13.0. The SMILES string of the molecule is CNc1ncc(C(=O)N2CCC[C@@H](c3nc4ccccc4n3C(C)C)C2)cn1. The normalized spacial score (nSPS) is 17.3. The van der Waals surface area contributed by atoms with Crippen LogP contribution < -0.4 is 5.32 Å². The van der Waals surface area contributed by atoms with Gasteiger partial charge in [0.2, 0.25) is 5.95 Å². The van der Waals surface area contributed by atoms with Crippen molar-refractivity contribution in [2.24, 2.45) is 0 Å². The molecule has 1 N–H and O–H groups in total. The molecule has 3 heterocycles. The summed E-state index contributed by atoms with van der Waals surface area (Å²) in [5.41, 5.74) is 2.70. The second-order valence-electron chi connectivity index (χ2n) is 7.56. The third kappa shape index (κ3) is 3.32. The van der Waals surface area contributed by atoms with Gasteiger partial charge in [0.15, 0.2) is 0 Å². The van der Waals surface area contributed by atoms with E-state index in [0.29, 0.717) is 24.1 Å². The molecule has 1 atom stereocenters. The van der Waals surface area contributed by atoms with Crippen molar-refractivity contribution in [3.8, 4) is 0 Å². The van der Waals surface area contributed by atoms with Crippen molar-refractivity contribution in [1.82, 2.24) is 24.4 Å². The third-order valence-electron chi connectivity index (χ3n) is 5.34. The molecule has 0 saturated carbocycles. The summed E-state index contributed by atoms with van der Waals surface area (Å²) in [5, 5.41) is 2.87. The van der Waals surface area contributed by atoms with E-state index in [9.17, 15) is 4.79 Å². The number of anilines is 1. The molecule has 1 amide bonds. The van der Waals surface area contributed by atoms with Crippen LogP contribution in [0.4, 0.5) is 5.95 Å². The van der Waals surface area contributed by atoms with Crippen LogP contribution in [-0.2, 0) is 0 Å². The first-order chi connectivity index (χ1) is 13.6. The Kier molecular flexibility index (Phi) is 4.98. The lowest BCUT2D eigenvalue weighted by Crippen LogP contribution is -2.40. The summed E-state index contributed by atoms with van der Waals surface area (Å²) in [7, 11) is 1.76. The lowest BCUT2D eigenvalue weighted by atomic mass is 9.96. The van der Waals surface area contributed by atoms with Crippen molar-refractivity contribution >= 4 is 22.9 Å².